The molecule has 7 heteroatoms. The lowest BCUT2D eigenvalue weighted by Crippen LogP contribution is -2.35. The van der Waals surface area contributed by atoms with Crippen molar-refractivity contribution in [2.24, 2.45) is 0 Å². The predicted octanol–water partition coefficient (Wildman–Crippen LogP) is 3.50. The minimum Gasteiger partial charge on any atom is -0.376 e. The number of anilines is 2. The molecule has 31 heavy (non-hydrogen) atoms. The number of amides is 3. The van der Waals surface area contributed by atoms with Gasteiger partial charge in [-0.15, -0.1) is 0 Å². The molecule has 0 saturated carbocycles. The molecule has 0 bridgehead atoms. The quantitative estimate of drug-likeness (QED) is 0.607. The summed E-state index contributed by atoms with van der Waals surface area (Å²) in [4.78, 5) is 38.6. The Morgan fingerprint density at radius 1 is 0.839 bits per heavy atom. The van der Waals surface area contributed by atoms with E-state index in [2.05, 4.69) is 16.0 Å². The van der Waals surface area contributed by atoms with Gasteiger partial charge < -0.3 is 20.9 Å². The number of hydrogen-bond acceptors (Lipinski definition) is 4. The fourth-order valence-electron chi connectivity index (χ4n) is 3.44. The van der Waals surface area contributed by atoms with Gasteiger partial charge in [0.2, 0.25) is 5.91 Å². The van der Waals surface area contributed by atoms with E-state index < -0.39 is 0 Å². The molecule has 0 unspecified atom stereocenters. The zero-order chi connectivity index (χ0) is 22.1. The summed E-state index contributed by atoms with van der Waals surface area (Å²) in [5.41, 5.74) is 2.62. The highest BCUT2D eigenvalue weighted by atomic mass is 16.2. The van der Waals surface area contributed by atoms with Crippen molar-refractivity contribution >= 4 is 29.1 Å². The van der Waals surface area contributed by atoms with Crippen LogP contribution in [0.1, 0.15) is 53.3 Å². The van der Waals surface area contributed by atoms with E-state index in [9.17, 15) is 14.4 Å². The van der Waals surface area contributed by atoms with Gasteiger partial charge in [-0.1, -0.05) is 6.92 Å². The SMILES string of the molecule is CCCNC(=O)c1ccc(NCC(=O)Nc2ccc(C(=O)N3CCCCC3)cc2)cc1. The molecule has 3 amide bonds. The lowest BCUT2D eigenvalue weighted by molar-refractivity contribution is -0.114. The maximum Gasteiger partial charge on any atom is 0.253 e. The summed E-state index contributed by atoms with van der Waals surface area (Å²) < 4.78 is 0. The van der Waals surface area contributed by atoms with Crippen molar-refractivity contribution in [3.05, 3.63) is 59.7 Å². The maximum absolute atomic E-state index is 12.5. The highest BCUT2D eigenvalue weighted by Gasteiger charge is 2.18. The van der Waals surface area contributed by atoms with Gasteiger partial charge in [0.05, 0.1) is 6.54 Å². The van der Waals surface area contributed by atoms with Gasteiger partial charge in [-0.3, -0.25) is 14.4 Å². The number of carbonyl (C=O) groups excluding carboxylic acids is 3. The normalized spacial score (nSPS) is 13.4. The number of nitrogens with zero attached hydrogens (tertiary/aromatic N) is 1. The highest BCUT2D eigenvalue weighted by Crippen LogP contribution is 2.16. The van der Waals surface area contributed by atoms with Crippen LogP contribution in [0, 0.1) is 0 Å². The van der Waals surface area contributed by atoms with Gasteiger partial charge in [-0.2, -0.15) is 0 Å². The van der Waals surface area contributed by atoms with Crippen molar-refractivity contribution in [3.8, 4) is 0 Å². The fraction of sp³-hybridized carbons (Fsp3) is 0.375. The Hall–Kier alpha value is -3.35. The molecular weight excluding hydrogens is 392 g/mol. The minimum atomic E-state index is -0.195. The van der Waals surface area contributed by atoms with Gasteiger partial charge in [0.1, 0.15) is 0 Å². The van der Waals surface area contributed by atoms with Gasteiger partial charge in [0.15, 0.2) is 0 Å². The van der Waals surface area contributed by atoms with Gasteiger partial charge in [-0.05, 0) is 74.2 Å². The molecule has 1 fully saturated rings. The van der Waals surface area contributed by atoms with E-state index in [0.29, 0.717) is 23.4 Å². The van der Waals surface area contributed by atoms with Gasteiger partial charge in [-0.25, -0.2) is 0 Å². The Balaban J connectivity index is 1.46. The first-order valence-electron chi connectivity index (χ1n) is 10.9. The van der Waals surface area contributed by atoms with Crippen molar-refractivity contribution in [2.45, 2.75) is 32.6 Å². The summed E-state index contributed by atoms with van der Waals surface area (Å²) >= 11 is 0. The third-order valence-electron chi connectivity index (χ3n) is 5.19. The molecule has 164 valence electrons. The third kappa shape index (κ3) is 6.57. The van der Waals surface area contributed by atoms with Gasteiger partial charge in [0, 0.05) is 42.1 Å². The van der Waals surface area contributed by atoms with Gasteiger partial charge in [0.25, 0.3) is 11.8 Å². The Morgan fingerprint density at radius 3 is 2.10 bits per heavy atom. The van der Waals surface area contributed by atoms with Crippen LogP contribution < -0.4 is 16.0 Å². The third-order valence-corrected chi connectivity index (χ3v) is 5.19. The van der Waals surface area contributed by atoms with Crippen LogP contribution in [0.15, 0.2) is 48.5 Å². The van der Waals surface area contributed by atoms with E-state index in [0.717, 1.165) is 38.0 Å². The lowest BCUT2D eigenvalue weighted by Gasteiger charge is -2.26. The first-order chi connectivity index (χ1) is 15.1. The number of piperidine rings is 1. The maximum atomic E-state index is 12.5. The van der Waals surface area contributed by atoms with E-state index in [1.54, 1.807) is 48.5 Å². The Kier molecular flexibility index (Phi) is 8.04. The van der Waals surface area contributed by atoms with Crippen LogP contribution in [0.4, 0.5) is 11.4 Å². The Labute approximate surface area is 183 Å². The Morgan fingerprint density at radius 2 is 1.45 bits per heavy atom. The highest BCUT2D eigenvalue weighted by molar-refractivity contribution is 5.97. The summed E-state index contributed by atoms with van der Waals surface area (Å²) in [5.74, 6) is -0.251. The van der Waals surface area contributed by atoms with E-state index in [-0.39, 0.29) is 24.3 Å². The second kappa shape index (κ2) is 11.2. The molecule has 1 saturated heterocycles. The monoisotopic (exact) mass is 422 g/mol. The number of likely N-dealkylation sites (tertiary alicyclic amines) is 1. The van der Waals surface area contributed by atoms with Crippen LogP contribution in [-0.4, -0.2) is 48.8 Å². The number of benzene rings is 2. The molecule has 0 radical (unpaired) electrons. The van der Waals surface area contributed by atoms with Crippen molar-refractivity contribution in [1.29, 1.82) is 0 Å². The molecule has 1 heterocycles. The molecule has 0 aliphatic carbocycles. The summed E-state index contributed by atoms with van der Waals surface area (Å²) in [6, 6.07) is 14.0. The zero-order valence-corrected chi connectivity index (χ0v) is 17.9. The van der Waals surface area contributed by atoms with Crippen LogP contribution in [0.2, 0.25) is 0 Å². The van der Waals surface area contributed by atoms with Crippen LogP contribution >= 0.6 is 0 Å². The predicted molar refractivity (Wildman–Crippen MR) is 122 cm³/mol. The Bertz CT molecular complexity index is 888. The van der Waals surface area contributed by atoms with Crippen LogP contribution in [-0.2, 0) is 4.79 Å². The van der Waals surface area contributed by atoms with E-state index in [1.807, 2.05) is 11.8 Å². The summed E-state index contributed by atoms with van der Waals surface area (Å²) in [6.45, 7) is 4.37. The smallest absolute Gasteiger partial charge is 0.253 e. The zero-order valence-electron chi connectivity index (χ0n) is 17.9. The van der Waals surface area contributed by atoms with Crippen molar-refractivity contribution in [2.75, 3.05) is 36.8 Å². The van der Waals surface area contributed by atoms with E-state index in [1.165, 1.54) is 6.42 Å². The molecule has 0 spiro atoms. The van der Waals surface area contributed by atoms with Crippen LogP contribution in [0.3, 0.4) is 0 Å². The molecule has 1 aliphatic heterocycles. The first-order valence-corrected chi connectivity index (χ1v) is 10.9. The number of hydrogen-bond donors (Lipinski definition) is 3. The second-order valence-electron chi connectivity index (χ2n) is 7.67. The molecule has 0 atom stereocenters. The molecule has 3 rings (SSSR count). The van der Waals surface area contributed by atoms with Crippen molar-refractivity contribution in [3.63, 3.8) is 0 Å². The largest absolute Gasteiger partial charge is 0.376 e. The number of carbonyl (C=O) groups is 3. The van der Waals surface area contributed by atoms with Crippen molar-refractivity contribution < 1.29 is 14.4 Å². The van der Waals surface area contributed by atoms with E-state index in [4.69, 9.17) is 0 Å². The summed E-state index contributed by atoms with van der Waals surface area (Å²) in [6.07, 6.45) is 4.18. The first kappa shape index (κ1) is 22.3. The molecule has 2 aromatic rings. The standard InChI is InChI=1S/C24H30N4O3/c1-2-14-25-23(30)18-6-10-20(11-7-18)26-17-22(29)27-21-12-8-19(9-13-21)24(31)28-15-4-3-5-16-28/h6-13,26H,2-5,14-17H2,1H3,(H,25,30)(H,27,29). The van der Waals surface area contributed by atoms with Gasteiger partial charge >= 0.3 is 0 Å². The molecular formula is C24H30N4O3. The van der Waals surface area contributed by atoms with Crippen molar-refractivity contribution in [1.82, 2.24) is 10.2 Å². The molecule has 3 N–H and O–H groups in total. The van der Waals surface area contributed by atoms with E-state index >= 15 is 0 Å². The topological polar surface area (TPSA) is 90.5 Å². The second-order valence-corrected chi connectivity index (χ2v) is 7.67. The molecule has 7 nitrogen and oxygen atoms in total. The average molecular weight is 423 g/mol. The molecule has 0 aromatic heterocycles. The molecule has 2 aromatic carbocycles. The van der Waals surface area contributed by atoms with Crippen LogP contribution in [0.5, 0.6) is 0 Å². The summed E-state index contributed by atoms with van der Waals surface area (Å²) in [7, 11) is 0. The fourth-order valence-corrected chi connectivity index (χ4v) is 3.44. The minimum absolute atomic E-state index is 0.0473. The van der Waals surface area contributed by atoms with Crippen LogP contribution in [0.25, 0.3) is 0 Å². The lowest BCUT2D eigenvalue weighted by atomic mass is 10.1. The number of rotatable bonds is 8. The summed E-state index contributed by atoms with van der Waals surface area (Å²) in [5, 5.41) is 8.69. The average Bonchev–Trinajstić information content (AvgIpc) is 2.82. The molecule has 1 aliphatic rings. The number of nitrogens with one attached hydrogen (secondary N) is 3.